The smallest absolute Gasteiger partial charge is 0.0346 e. The molecule has 3 rings (SSSR count). The fraction of sp³-hybridized carbons (Fsp3) is 0.333. The summed E-state index contributed by atoms with van der Waals surface area (Å²) in [6, 6.07) is 15.1. The molecule has 1 aliphatic heterocycles. The van der Waals surface area contributed by atoms with Gasteiger partial charge in [-0.25, -0.2) is 0 Å². The molecule has 0 fully saturated rings. The van der Waals surface area contributed by atoms with Crippen LogP contribution in [0.5, 0.6) is 0 Å². The van der Waals surface area contributed by atoms with E-state index in [-0.39, 0.29) is 0 Å². The monoisotopic (exact) mass is 266 g/mol. The maximum Gasteiger partial charge on any atom is 0.0346 e. The number of nitrogens with zero attached hydrogens (tertiary/aromatic N) is 1. The van der Waals surface area contributed by atoms with Gasteiger partial charge < -0.3 is 5.73 Å². The van der Waals surface area contributed by atoms with Crippen LogP contribution in [0.3, 0.4) is 0 Å². The van der Waals surface area contributed by atoms with E-state index in [0.29, 0.717) is 0 Å². The van der Waals surface area contributed by atoms with E-state index in [9.17, 15) is 0 Å². The van der Waals surface area contributed by atoms with Crippen molar-refractivity contribution in [1.29, 1.82) is 0 Å². The Kier molecular flexibility index (Phi) is 3.75. The van der Waals surface area contributed by atoms with E-state index >= 15 is 0 Å². The number of benzene rings is 2. The first-order valence-corrected chi connectivity index (χ1v) is 7.37. The molecule has 1 heterocycles. The van der Waals surface area contributed by atoms with Gasteiger partial charge in [-0.05, 0) is 48.1 Å². The molecule has 0 bridgehead atoms. The largest absolute Gasteiger partial charge is 0.399 e. The van der Waals surface area contributed by atoms with Gasteiger partial charge in [0.25, 0.3) is 0 Å². The van der Waals surface area contributed by atoms with Crippen molar-refractivity contribution >= 4 is 5.69 Å². The Bertz CT molecular complexity index is 577. The summed E-state index contributed by atoms with van der Waals surface area (Å²) >= 11 is 0. The van der Waals surface area contributed by atoms with Gasteiger partial charge in [-0.15, -0.1) is 0 Å². The summed E-state index contributed by atoms with van der Waals surface area (Å²) in [5, 5.41) is 0. The highest BCUT2D eigenvalue weighted by Gasteiger charge is 2.14. The highest BCUT2D eigenvalue weighted by Crippen LogP contribution is 2.20. The Morgan fingerprint density at radius 3 is 2.25 bits per heavy atom. The molecule has 0 amide bonds. The molecule has 0 atom stereocenters. The highest BCUT2D eigenvalue weighted by molar-refractivity contribution is 5.49. The second-order valence-corrected chi connectivity index (χ2v) is 5.68. The summed E-state index contributed by atoms with van der Waals surface area (Å²) in [6.07, 6.45) is 2.30. The third-order valence-corrected chi connectivity index (χ3v) is 4.39. The van der Waals surface area contributed by atoms with Gasteiger partial charge in [-0.2, -0.15) is 0 Å². The van der Waals surface area contributed by atoms with Crippen molar-refractivity contribution in [2.45, 2.75) is 26.3 Å². The molecular weight excluding hydrogens is 244 g/mol. The number of fused-ring (bicyclic) bond motifs is 1. The fourth-order valence-corrected chi connectivity index (χ4v) is 2.99. The molecule has 2 aromatic rings. The Morgan fingerprint density at radius 1 is 0.950 bits per heavy atom. The summed E-state index contributed by atoms with van der Waals surface area (Å²) < 4.78 is 0. The Hall–Kier alpha value is -1.80. The Labute approximate surface area is 121 Å². The standard InChI is InChI=1S/C18H22N2/c1-14-17(7-4-8-18(14)19)13-20-11-9-15-5-2-3-6-16(15)10-12-20/h2-8H,9-13,19H2,1H3. The lowest BCUT2D eigenvalue weighted by molar-refractivity contribution is 0.279. The Morgan fingerprint density at radius 2 is 1.60 bits per heavy atom. The van der Waals surface area contributed by atoms with Crippen LogP contribution in [-0.2, 0) is 19.4 Å². The summed E-state index contributed by atoms with van der Waals surface area (Å²) in [7, 11) is 0. The molecule has 1 aliphatic rings. The quantitative estimate of drug-likeness (QED) is 0.846. The third kappa shape index (κ3) is 2.70. The average Bonchev–Trinajstić information content (AvgIpc) is 2.67. The molecule has 2 aromatic carbocycles. The van der Waals surface area contributed by atoms with Crippen LogP contribution >= 0.6 is 0 Å². The number of anilines is 1. The van der Waals surface area contributed by atoms with Gasteiger partial charge in [0, 0.05) is 25.3 Å². The molecule has 0 radical (unpaired) electrons. The van der Waals surface area contributed by atoms with Gasteiger partial charge in [-0.1, -0.05) is 36.4 Å². The first-order chi connectivity index (χ1) is 9.74. The van der Waals surface area contributed by atoms with Crippen LogP contribution in [-0.4, -0.2) is 18.0 Å². The first kappa shape index (κ1) is 13.2. The van der Waals surface area contributed by atoms with E-state index in [4.69, 9.17) is 5.73 Å². The van der Waals surface area contributed by atoms with Gasteiger partial charge in [0.05, 0.1) is 0 Å². The molecule has 0 aliphatic carbocycles. The van der Waals surface area contributed by atoms with Crippen molar-refractivity contribution in [1.82, 2.24) is 4.90 Å². The summed E-state index contributed by atoms with van der Waals surface area (Å²) in [6.45, 7) is 5.39. The second-order valence-electron chi connectivity index (χ2n) is 5.68. The normalized spacial score (nSPS) is 15.7. The minimum atomic E-state index is 0.903. The predicted molar refractivity (Wildman–Crippen MR) is 84.7 cm³/mol. The predicted octanol–water partition coefficient (Wildman–Crippen LogP) is 3.18. The highest BCUT2D eigenvalue weighted by atomic mass is 15.1. The summed E-state index contributed by atoms with van der Waals surface area (Å²) in [4.78, 5) is 2.54. The van der Waals surface area contributed by atoms with E-state index in [2.05, 4.69) is 48.2 Å². The van der Waals surface area contributed by atoms with Gasteiger partial charge in [0.15, 0.2) is 0 Å². The molecule has 0 aromatic heterocycles. The maximum atomic E-state index is 6.01. The molecule has 20 heavy (non-hydrogen) atoms. The van der Waals surface area contributed by atoms with Crippen molar-refractivity contribution in [2.75, 3.05) is 18.8 Å². The zero-order valence-electron chi connectivity index (χ0n) is 12.1. The van der Waals surface area contributed by atoms with Crippen molar-refractivity contribution in [2.24, 2.45) is 0 Å². The van der Waals surface area contributed by atoms with Gasteiger partial charge >= 0.3 is 0 Å². The topological polar surface area (TPSA) is 29.3 Å². The zero-order chi connectivity index (χ0) is 13.9. The minimum absolute atomic E-state index is 0.903. The van der Waals surface area contributed by atoms with Gasteiger partial charge in [0.2, 0.25) is 0 Å². The van der Waals surface area contributed by atoms with E-state index in [1.807, 2.05) is 6.07 Å². The van der Waals surface area contributed by atoms with E-state index in [1.54, 1.807) is 0 Å². The van der Waals surface area contributed by atoms with Crippen molar-refractivity contribution in [3.63, 3.8) is 0 Å². The molecule has 0 spiro atoms. The van der Waals surface area contributed by atoms with Crippen LogP contribution in [0.1, 0.15) is 22.3 Å². The minimum Gasteiger partial charge on any atom is -0.399 e. The molecular formula is C18H22N2. The fourth-order valence-electron chi connectivity index (χ4n) is 2.99. The van der Waals surface area contributed by atoms with Crippen LogP contribution in [0.2, 0.25) is 0 Å². The van der Waals surface area contributed by atoms with Crippen LogP contribution in [0.15, 0.2) is 42.5 Å². The molecule has 0 unspecified atom stereocenters. The molecule has 2 heteroatoms. The lowest BCUT2D eigenvalue weighted by atomic mass is 10.0. The van der Waals surface area contributed by atoms with Crippen LogP contribution in [0, 0.1) is 6.92 Å². The van der Waals surface area contributed by atoms with Crippen LogP contribution in [0.25, 0.3) is 0 Å². The maximum absolute atomic E-state index is 6.01. The number of hydrogen-bond acceptors (Lipinski definition) is 2. The number of rotatable bonds is 2. The Balaban J connectivity index is 1.73. The first-order valence-electron chi connectivity index (χ1n) is 7.37. The third-order valence-electron chi connectivity index (χ3n) is 4.39. The van der Waals surface area contributed by atoms with E-state index in [1.165, 1.54) is 22.3 Å². The SMILES string of the molecule is Cc1c(N)cccc1CN1CCc2ccccc2CC1. The van der Waals surface area contributed by atoms with E-state index < -0.39 is 0 Å². The lowest BCUT2D eigenvalue weighted by Gasteiger charge is -2.21. The molecule has 2 nitrogen and oxygen atoms in total. The number of nitrogen functional groups attached to an aromatic ring is 1. The van der Waals surface area contributed by atoms with Crippen LogP contribution < -0.4 is 5.73 Å². The molecule has 0 saturated heterocycles. The zero-order valence-corrected chi connectivity index (χ0v) is 12.1. The van der Waals surface area contributed by atoms with Crippen molar-refractivity contribution in [3.8, 4) is 0 Å². The van der Waals surface area contributed by atoms with E-state index in [0.717, 1.165) is 38.2 Å². The molecule has 0 saturated carbocycles. The van der Waals surface area contributed by atoms with Gasteiger partial charge in [-0.3, -0.25) is 4.90 Å². The molecule has 2 N–H and O–H groups in total. The summed E-state index contributed by atoms with van der Waals surface area (Å²) in [5.74, 6) is 0. The average molecular weight is 266 g/mol. The van der Waals surface area contributed by atoms with Gasteiger partial charge in [0.1, 0.15) is 0 Å². The number of nitrogens with two attached hydrogens (primary N) is 1. The second kappa shape index (κ2) is 5.68. The van der Waals surface area contributed by atoms with Crippen molar-refractivity contribution < 1.29 is 0 Å². The lowest BCUT2D eigenvalue weighted by Crippen LogP contribution is -2.26. The van der Waals surface area contributed by atoms with Crippen molar-refractivity contribution in [3.05, 3.63) is 64.7 Å². The number of hydrogen-bond donors (Lipinski definition) is 1. The summed E-state index contributed by atoms with van der Waals surface area (Å²) in [5.41, 5.74) is 12.5. The van der Waals surface area contributed by atoms with Crippen LogP contribution in [0.4, 0.5) is 5.69 Å². The molecule has 104 valence electrons.